The molecule has 0 aromatic heterocycles. The number of aryl methyl sites for hydroxylation is 1. The lowest BCUT2D eigenvalue weighted by Crippen LogP contribution is -2.24. The van der Waals surface area contributed by atoms with Crippen LogP contribution in [-0.4, -0.2) is 23.7 Å². The van der Waals surface area contributed by atoms with Gasteiger partial charge in [0.15, 0.2) is 6.61 Å². The first-order valence-corrected chi connectivity index (χ1v) is 7.48. The summed E-state index contributed by atoms with van der Waals surface area (Å²) in [6, 6.07) is 10.6. The molecule has 0 unspecified atom stereocenters. The summed E-state index contributed by atoms with van der Waals surface area (Å²) in [6.45, 7) is 1.79. The number of carbonyl (C=O) groups is 1. The normalized spacial score (nSPS) is 10.6. The summed E-state index contributed by atoms with van der Waals surface area (Å²) in [5.41, 5.74) is 3.13. The molecular formula is C17H16N3O5-. The Bertz CT molecular complexity index is 787. The van der Waals surface area contributed by atoms with Crippen molar-refractivity contribution < 1.29 is 19.6 Å². The third-order valence-corrected chi connectivity index (χ3v) is 3.30. The fraction of sp³-hybridized carbons (Fsp3) is 0.176. The number of nitrogens with one attached hydrogen (secondary N) is 1. The van der Waals surface area contributed by atoms with E-state index in [2.05, 4.69) is 10.5 Å². The van der Waals surface area contributed by atoms with E-state index in [1.165, 1.54) is 0 Å². The molecule has 0 aliphatic carbocycles. The SMILES string of the molecule is CCc1ccc(OCC(=O)N/N=C/c2cc([N+](=O)[O-])ccc2[O-])cc1. The van der Waals surface area contributed by atoms with Crippen molar-refractivity contribution in [2.24, 2.45) is 5.10 Å². The van der Waals surface area contributed by atoms with Gasteiger partial charge >= 0.3 is 0 Å². The number of benzene rings is 2. The average molecular weight is 342 g/mol. The van der Waals surface area contributed by atoms with Crippen molar-refractivity contribution in [1.82, 2.24) is 5.43 Å². The zero-order chi connectivity index (χ0) is 18.2. The third-order valence-electron chi connectivity index (χ3n) is 3.30. The second kappa shape index (κ2) is 8.44. The summed E-state index contributed by atoms with van der Waals surface area (Å²) >= 11 is 0. The van der Waals surface area contributed by atoms with Gasteiger partial charge in [-0.15, -0.1) is 0 Å². The van der Waals surface area contributed by atoms with E-state index < -0.39 is 16.6 Å². The molecule has 0 heterocycles. The van der Waals surface area contributed by atoms with Gasteiger partial charge < -0.3 is 9.84 Å². The van der Waals surface area contributed by atoms with Crippen molar-refractivity contribution in [1.29, 1.82) is 0 Å². The molecule has 0 radical (unpaired) electrons. The largest absolute Gasteiger partial charge is 0.872 e. The van der Waals surface area contributed by atoms with E-state index in [-0.39, 0.29) is 17.9 Å². The zero-order valence-electron chi connectivity index (χ0n) is 13.5. The first kappa shape index (κ1) is 17.9. The lowest BCUT2D eigenvalue weighted by molar-refractivity contribution is -0.385. The highest BCUT2D eigenvalue weighted by molar-refractivity contribution is 5.86. The minimum Gasteiger partial charge on any atom is -0.872 e. The van der Waals surface area contributed by atoms with Crippen LogP contribution in [0.4, 0.5) is 5.69 Å². The van der Waals surface area contributed by atoms with E-state index in [1.807, 2.05) is 19.1 Å². The van der Waals surface area contributed by atoms with Crippen LogP contribution in [0.5, 0.6) is 11.5 Å². The van der Waals surface area contributed by atoms with Crippen LogP contribution < -0.4 is 15.3 Å². The maximum Gasteiger partial charge on any atom is 0.277 e. The van der Waals surface area contributed by atoms with Crippen molar-refractivity contribution >= 4 is 17.8 Å². The molecule has 0 aliphatic heterocycles. The number of rotatable bonds is 7. The number of hydrogen-bond donors (Lipinski definition) is 1. The highest BCUT2D eigenvalue weighted by Gasteiger charge is 2.06. The van der Waals surface area contributed by atoms with Crippen LogP contribution in [0.15, 0.2) is 47.6 Å². The van der Waals surface area contributed by atoms with E-state index in [4.69, 9.17) is 4.74 Å². The number of nitro benzene ring substituents is 1. The maximum atomic E-state index is 11.7. The number of amides is 1. The van der Waals surface area contributed by atoms with Gasteiger partial charge in [0.2, 0.25) is 0 Å². The summed E-state index contributed by atoms with van der Waals surface area (Å²) in [4.78, 5) is 21.7. The van der Waals surface area contributed by atoms with E-state index in [9.17, 15) is 20.0 Å². The molecule has 25 heavy (non-hydrogen) atoms. The van der Waals surface area contributed by atoms with Gasteiger partial charge in [0.1, 0.15) is 5.75 Å². The molecule has 0 atom stereocenters. The molecule has 0 aliphatic rings. The lowest BCUT2D eigenvalue weighted by Gasteiger charge is -2.08. The Balaban J connectivity index is 1.87. The minimum atomic E-state index is -0.618. The first-order valence-electron chi connectivity index (χ1n) is 7.48. The van der Waals surface area contributed by atoms with Crippen LogP contribution in [0.3, 0.4) is 0 Å². The first-order chi connectivity index (χ1) is 12.0. The summed E-state index contributed by atoms with van der Waals surface area (Å²) in [6.07, 6.45) is 1.97. The molecule has 0 saturated carbocycles. The molecule has 2 aromatic carbocycles. The van der Waals surface area contributed by atoms with E-state index in [0.29, 0.717) is 5.75 Å². The van der Waals surface area contributed by atoms with Crippen LogP contribution in [0.25, 0.3) is 0 Å². The predicted octanol–water partition coefficient (Wildman–Crippen LogP) is 1.76. The Morgan fingerprint density at radius 3 is 2.64 bits per heavy atom. The molecule has 0 spiro atoms. The van der Waals surface area contributed by atoms with Gasteiger partial charge in [0, 0.05) is 12.1 Å². The molecule has 2 rings (SSSR count). The van der Waals surface area contributed by atoms with E-state index in [0.717, 1.165) is 36.4 Å². The fourth-order valence-corrected chi connectivity index (χ4v) is 1.93. The molecule has 2 aromatic rings. The molecule has 0 saturated heterocycles. The van der Waals surface area contributed by atoms with Crippen LogP contribution >= 0.6 is 0 Å². The van der Waals surface area contributed by atoms with Gasteiger partial charge in [0.05, 0.1) is 11.1 Å². The minimum absolute atomic E-state index is 0.00516. The highest BCUT2D eigenvalue weighted by Crippen LogP contribution is 2.19. The molecule has 0 bridgehead atoms. The maximum absolute atomic E-state index is 11.7. The number of hydrogen-bond acceptors (Lipinski definition) is 6. The van der Waals surface area contributed by atoms with Crippen LogP contribution in [-0.2, 0) is 11.2 Å². The van der Waals surface area contributed by atoms with Crippen LogP contribution in [0.1, 0.15) is 18.1 Å². The molecular weight excluding hydrogens is 326 g/mol. The van der Waals surface area contributed by atoms with Gasteiger partial charge in [-0.05, 0) is 29.7 Å². The molecule has 130 valence electrons. The molecule has 8 nitrogen and oxygen atoms in total. The third kappa shape index (κ3) is 5.31. The van der Waals surface area contributed by atoms with Gasteiger partial charge in [-0.25, -0.2) is 5.43 Å². The second-order valence-electron chi connectivity index (χ2n) is 5.06. The Morgan fingerprint density at radius 1 is 1.28 bits per heavy atom. The van der Waals surface area contributed by atoms with Crippen molar-refractivity contribution in [2.45, 2.75) is 13.3 Å². The molecule has 8 heteroatoms. The van der Waals surface area contributed by atoms with Crippen molar-refractivity contribution in [3.8, 4) is 11.5 Å². The standard InChI is InChI=1S/C17H17N3O5/c1-2-12-3-6-15(7-4-12)25-11-17(22)19-18-10-13-9-14(20(23)24)5-8-16(13)21/h3-10,21H,2,11H2,1H3,(H,19,22)/p-1/b18-10+. The van der Waals surface area contributed by atoms with Crippen molar-refractivity contribution in [3.63, 3.8) is 0 Å². The van der Waals surface area contributed by atoms with Crippen LogP contribution in [0, 0.1) is 10.1 Å². The Labute approximate surface area is 143 Å². The summed E-state index contributed by atoms with van der Waals surface area (Å²) in [5.74, 6) is -0.401. The summed E-state index contributed by atoms with van der Waals surface area (Å²) in [7, 11) is 0. The van der Waals surface area contributed by atoms with E-state index >= 15 is 0 Å². The van der Waals surface area contributed by atoms with Gasteiger partial charge in [-0.2, -0.15) is 5.10 Å². The monoisotopic (exact) mass is 342 g/mol. The van der Waals surface area contributed by atoms with Crippen molar-refractivity contribution in [2.75, 3.05) is 6.61 Å². The predicted molar refractivity (Wildman–Crippen MR) is 89.6 cm³/mol. The quantitative estimate of drug-likeness (QED) is 0.467. The lowest BCUT2D eigenvalue weighted by atomic mass is 10.2. The Hall–Kier alpha value is -3.42. The average Bonchev–Trinajstić information content (AvgIpc) is 2.61. The number of nitro groups is 1. The Kier molecular flexibility index (Phi) is 6.05. The topological polar surface area (TPSA) is 117 Å². The highest BCUT2D eigenvalue weighted by atomic mass is 16.6. The molecule has 0 fully saturated rings. The number of carbonyl (C=O) groups excluding carboxylic acids is 1. The zero-order valence-corrected chi connectivity index (χ0v) is 13.5. The Morgan fingerprint density at radius 2 is 2.00 bits per heavy atom. The van der Waals surface area contributed by atoms with E-state index in [1.54, 1.807) is 12.1 Å². The number of hydrazone groups is 1. The van der Waals surface area contributed by atoms with Crippen molar-refractivity contribution in [3.05, 3.63) is 63.7 Å². The van der Waals surface area contributed by atoms with Gasteiger partial charge in [-0.1, -0.05) is 30.9 Å². The van der Waals surface area contributed by atoms with Gasteiger partial charge in [0.25, 0.3) is 11.6 Å². The summed E-state index contributed by atoms with van der Waals surface area (Å²) in [5, 5.41) is 25.9. The smallest absolute Gasteiger partial charge is 0.277 e. The summed E-state index contributed by atoms with van der Waals surface area (Å²) < 4.78 is 5.31. The second-order valence-corrected chi connectivity index (χ2v) is 5.06. The molecule has 1 N–H and O–H groups in total. The number of ether oxygens (including phenoxy) is 1. The molecule has 1 amide bonds. The number of nitrogens with zero attached hydrogens (tertiary/aromatic N) is 2. The number of non-ortho nitro benzene ring substituents is 1. The van der Waals surface area contributed by atoms with Gasteiger partial charge in [-0.3, -0.25) is 14.9 Å². The fourth-order valence-electron chi connectivity index (χ4n) is 1.93. The van der Waals surface area contributed by atoms with Crippen LogP contribution in [0.2, 0.25) is 0 Å².